The summed E-state index contributed by atoms with van der Waals surface area (Å²) >= 11 is 12.2. The first-order valence-electron chi connectivity index (χ1n) is 10.5. The molecule has 0 fully saturated rings. The minimum atomic E-state index is -4.92. The second-order valence-corrected chi connectivity index (χ2v) is 9.86. The lowest BCUT2D eigenvalue weighted by Crippen LogP contribution is -2.41. The van der Waals surface area contributed by atoms with Gasteiger partial charge in [0.2, 0.25) is 0 Å². The molecule has 3 rings (SSSR count). The van der Waals surface area contributed by atoms with Crippen LogP contribution in [0.1, 0.15) is 52.9 Å². The average Bonchev–Trinajstić information content (AvgIpc) is 3.19. The van der Waals surface area contributed by atoms with Crippen molar-refractivity contribution >= 4 is 46.4 Å². The highest BCUT2D eigenvalue weighted by Gasteiger charge is 2.37. The molecule has 196 valence electrons. The maximum atomic E-state index is 13.5. The number of nitro groups is 1. The van der Waals surface area contributed by atoms with Gasteiger partial charge in [-0.15, -0.1) is 0 Å². The summed E-state index contributed by atoms with van der Waals surface area (Å²) in [7, 11) is 0. The molecule has 0 saturated heterocycles. The van der Waals surface area contributed by atoms with Crippen LogP contribution < -0.4 is 10.6 Å². The Morgan fingerprint density at radius 1 is 1.05 bits per heavy atom. The van der Waals surface area contributed by atoms with Crippen LogP contribution in [-0.4, -0.2) is 32.1 Å². The lowest BCUT2D eigenvalue weighted by Gasteiger charge is -2.22. The summed E-state index contributed by atoms with van der Waals surface area (Å²) in [6.45, 7) is 6.78. The van der Waals surface area contributed by atoms with E-state index in [9.17, 15) is 32.9 Å². The largest absolute Gasteiger partial charge is 0.435 e. The Labute approximate surface area is 218 Å². The lowest BCUT2D eigenvalue weighted by atomic mass is 10.0. The minimum absolute atomic E-state index is 0.0104. The number of aromatic nitrogens is 2. The van der Waals surface area contributed by atoms with Crippen molar-refractivity contribution in [3.63, 3.8) is 0 Å². The fourth-order valence-electron chi connectivity index (χ4n) is 3.32. The number of non-ortho nitro benzene ring substituents is 1. The lowest BCUT2D eigenvalue weighted by molar-refractivity contribution is -0.384. The predicted octanol–water partition coefficient (Wildman–Crippen LogP) is 6.20. The van der Waals surface area contributed by atoms with Gasteiger partial charge in [0.05, 0.1) is 26.9 Å². The molecule has 2 N–H and O–H groups in total. The Kier molecular flexibility index (Phi) is 7.57. The van der Waals surface area contributed by atoms with E-state index in [0.717, 1.165) is 18.2 Å². The van der Waals surface area contributed by atoms with Crippen molar-refractivity contribution < 1.29 is 27.7 Å². The van der Waals surface area contributed by atoms with E-state index in [1.54, 1.807) is 27.7 Å². The third-order valence-electron chi connectivity index (χ3n) is 4.87. The number of aryl methyl sites for hydroxylation is 1. The monoisotopic (exact) mass is 557 g/mol. The summed E-state index contributed by atoms with van der Waals surface area (Å²) in [6, 6.07) is 6.29. The standard InChI is InChI=1S/C23H20Cl2F3N5O4/c1-11-7-12(24)8-14(20(34)30-22(2,3)4)19(11)29-21(35)17-10-18(23(26,27)28)31-32(17)16-6-5-13(33(36)37)9-15(16)25/h5-10H,1-4H3,(H,29,35)(H,30,34). The van der Waals surface area contributed by atoms with Gasteiger partial charge in [-0.05, 0) is 51.5 Å². The van der Waals surface area contributed by atoms with Crippen LogP contribution in [0.4, 0.5) is 24.5 Å². The number of carbonyl (C=O) groups excluding carboxylic acids is 2. The van der Waals surface area contributed by atoms with Crippen LogP contribution in [0.5, 0.6) is 0 Å². The van der Waals surface area contributed by atoms with Crippen molar-refractivity contribution in [2.24, 2.45) is 0 Å². The van der Waals surface area contributed by atoms with E-state index in [1.165, 1.54) is 12.1 Å². The van der Waals surface area contributed by atoms with Crippen molar-refractivity contribution in [2.75, 3.05) is 5.32 Å². The molecule has 0 aliphatic carbocycles. The van der Waals surface area contributed by atoms with Gasteiger partial charge in [-0.2, -0.15) is 18.3 Å². The van der Waals surface area contributed by atoms with E-state index >= 15 is 0 Å². The molecule has 9 nitrogen and oxygen atoms in total. The molecule has 0 aliphatic heterocycles. The smallest absolute Gasteiger partial charge is 0.347 e. The molecule has 1 heterocycles. The first kappa shape index (κ1) is 27.9. The third kappa shape index (κ3) is 6.38. The molecular formula is C23H20Cl2F3N5O4. The summed E-state index contributed by atoms with van der Waals surface area (Å²) in [6.07, 6.45) is -4.92. The van der Waals surface area contributed by atoms with E-state index in [0.29, 0.717) is 16.3 Å². The highest BCUT2D eigenvalue weighted by Crippen LogP contribution is 2.33. The molecule has 3 aromatic rings. The zero-order chi connectivity index (χ0) is 27.9. The van der Waals surface area contributed by atoms with Gasteiger partial charge in [-0.3, -0.25) is 19.7 Å². The Morgan fingerprint density at radius 2 is 1.70 bits per heavy atom. The first-order valence-corrected chi connectivity index (χ1v) is 11.3. The molecule has 37 heavy (non-hydrogen) atoms. The van der Waals surface area contributed by atoms with Crippen LogP contribution in [0.25, 0.3) is 5.69 Å². The number of hydrogen-bond donors (Lipinski definition) is 2. The zero-order valence-electron chi connectivity index (χ0n) is 19.8. The van der Waals surface area contributed by atoms with Gasteiger partial charge >= 0.3 is 6.18 Å². The average molecular weight is 558 g/mol. The first-order chi connectivity index (χ1) is 17.0. The number of halogens is 5. The second-order valence-electron chi connectivity index (χ2n) is 9.02. The van der Waals surface area contributed by atoms with E-state index in [1.807, 2.05) is 0 Å². The van der Waals surface area contributed by atoms with Crippen LogP contribution in [0.15, 0.2) is 36.4 Å². The third-order valence-corrected chi connectivity index (χ3v) is 5.40. The number of nitrogens with one attached hydrogen (secondary N) is 2. The molecule has 1 aromatic heterocycles. The van der Waals surface area contributed by atoms with Gasteiger partial charge in [0, 0.05) is 28.8 Å². The van der Waals surface area contributed by atoms with E-state index in [2.05, 4.69) is 15.7 Å². The Morgan fingerprint density at radius 3 is 2.24 bits per heavy atom. The van der Waals surface area contributed by atoms with Gasteiger partial charge < -0.3 is 10.6 Å². The van der Waals surface area contributed by atoms with Crippen molar-refractivity contribution in [1.82, 2.24) is 15.1 Å². The zero-order valence-corrected chi connectivity index (χ0v) is 21.3. The number of hydrogen-bond acceptors (Lipinski definition) is 5. The maximum Gasteiger partial charge on any atom is 0.435 e. The summed E-state index contributed by atoms with van der Waals surface area (Å²) in [5.41, 5.74) is -2.85. The number of alkyl halides is 3. The summed E-state index contributed by atoms with van der Waals surface area (Å²) in [5.74, 6) is -1.62. The minimum Gasteiger partial charge on any atom is -0.347 e. The van der Waals surface area contributed by atoms with Crippen LogP contribution >= 0.6 is 23.2 Å². The molecule has 0 bridgehead atoms. The maximum absolute atomic E-state index is 13.5. The summed E-state index contributed by atoms with van der Waals surface area (Å²) in [4.78, 5) is 36.5. The van der Waals surface area contributed by atoms with Gasteiger partial charge in [0.25, 0.3) is 17.5 Å². The molecule has 2 amide bonds. The summed E-state index contributed by atoms with van der Waals surface area (Å²) < 4.78 is 41.1. The normalized spacial score (nSPS) is 11.8. The van der Waals surface area contributed by atoms with E-state index in [4.69, 9.17) is 23.2 Å². The highest BCUT2D eigenvalue weighted by atomic mass is 35.5. The SMILES string of the molecule is Cc1cc(Cl)cc(C(=O)NC(C)(C)C)c1NC(=O)c1cc(C(F)(F)F)nn1-c1ccc([N+](=O)[O-])cc1Cl. The molecule has 2 aromatic carbocycles. The van der Waals surface area contributed by atoms with E-state index < -0.39 is 45.5 Å². The number of nitro benzene ring substituents is 1. The van der Waals surface area contributed by atoms with Gasteiger partial charge in [0.1, 0.15) is 5.69 Å². The van der Waals surface area contributed by atoms with Crippen molar-refractivity contribution in [1.29, 1.82) is 0 Å². The molecule has 0 spiro atoms. The van der Waals surface area contributed by atoms with Crippen LogP contribution in [0.2, 0.25) is 10.0 Å². The number of benzene rings is 2. The fraction of sp³-hybridized carbons (Fsp3) is 0.261. The topological polar surface area (TPSA) is 119 Å². The van der Waals surface area contributed by atoms with Crippen molar-refractivity contribution in [3.05, 3.63) is 79.1 Å². The van der Waals surface area contributed by atoms with Crippen molar-refractivity contribution in [3.8, 4) is 5.69 Å². The Bertz CT molecular complexity index is 1410. The van der Waals surface area contributed by atoms with Gasteiger partial charge in [-0.25, -0.2) is 4.68 Å². The van der Waals surface area contributed by atoms with Crippen LogP contribution in [0, 0.1) is 17.0 Å². The highest BCUT2D eigenvalue weighted by molar-refractivity contribution is 6.32. The number of nitrogens with zero attached hydrogens (tertiary/aromatic N) is 3. The quantitative estimate of drug-likeness (QED) is 0.286. The number of amides is 2. The fourth-order valence-corrected chi connectivity index (χ4v) is 3.85. The number of anilines is 1. The molecule has 0 saturated carbocycles. The number of carbonyl (C=O) groups is 2. The Hall–Kier alpha value is -3.64. The molecule has 0 aliphatic rings. The predicted molar refractivity (Wildman–Crippen MR) is 132 cm³/mol. The summed E-state index contributed by atoms with van der Waals surface area (Å²) in [5, 5.41) is 19.6. The number of rotatable bonds is 5. The van der Waals surface area contributed by atoms with Gasteiger partial charge in [0.15, 0.2) is 5.69 Å². The molecule has 0 radical (unpaired) electrons. The molecular weight excluding hydrogens is 538 g/mol. The van der Waals surface area contributed by atoms with Crippen molar-refractivity contribution in [2.45, 2.75) is 39.4 Å². The van der Waals surface area contributed by atoms with Crippen LogP contribution in [0.3, 0.4) is 0 Å². The molecule has 0 unspecified atom stereocenters. The van der Waals surface area contributed by atoms with E-state index in [-0.39, 0.29) is 27.0 Å². The Balaban J connectivity index is 2.12. The van der Waals surface area contributed by atoms with Crippen LogP contribution in [-0.2, 0) is 6.18 Å². The molecule has 0 atom stereocenters. The molecule has 14 heteroatoms. The van der Waals surface area contributed by atoms with Gasteiger partial charge in [-0.1, -0.05) is 23.2 Å². The second kappa shape index (κ2) is 10.0.